The summed E-state index contributed by atoms with van der Waals surface area (Å²) in [5.41, 5.74) is 0.571. The summed E-state index contributed by atoms with van der Waals surface area (Å²) in [6.07, 6.45) is 0. The molecule has 8 nitrogen and oxygen atoms in total. The van der Waals surface area contributed by atoms with E-state index in [0.29, 0.717) is 49.6 Å². The first-order valence-electron chi connectivity index (χ1n) is 8.39. The number of nitrogens with zero attached hydrogens (tertiary/aromatic N) is 3. The summed E-state index contributed by atoms with van der Waals surface area (Å²) >= 11 is 0. The Bertz CT molecular complexity index is 783. The number of benzene rings is 1. The molecule has 1 aliphatic heterocycles. The number of amides is 1. The lowest BCUT2D eigenvalue weighted by atomic mass is 10.2. The number of anilines is 1. The van der Waals surface area contributed by atoms with Crippen LogP contribution in [0.25, 0.3) is 10.9 Å². The fraction of sp³-hybridized carbons (Fsp3) is 0.471. The largest absolute Gasteiger partial charge is 0.383 e. The SMILES string of the molecule is COCCNC(=O)CN1CCN(c2nc3ccccc3c(=O)[nH]2)CC1. The fourth-order valence-electron chi connectivity index (χ4n) is 2.89. The quantitative estimate of drug-likeness (QED) is 0.705. The molecule has 1 fully saturated rings. The molecule has 1 aliphatic rings. The number of methoxy groups -OCH3 is 1. The minimum absolute atomic E-state index is 0.00253. The van der Waals surface area contributed by atoms with Gasteiger partial charge in [-0.25, -0.2) is 4.98 Å². The zero-order valence-electron chi connectivity index (χ0n) is 14.3. The predicted molar refractivity (Wildman–Crippen MR) is 95.9 cm³/mol. The van der Waals surface area contributed by atoms with Crippen LogP contribution in [0.3, 0.4) is 0 Å². The number of carbonyl (C=O) groups excluding carboxylic acids is 1. The minimum Gasteiger partial charge on any atom is -0.383 e. The first-order valence-corrected chi connectivity index (χ1v) is 8.39. The third-order valence-electron chi connectivity index (χ3n) is 4.27. The van der Waals surface area contributed by atoms with Crippen LogP contribution in [0.1, 0.15) is 0 Å². The molecule has 0 spiro atoms. The molecule has 134 valence electrons. The number of H-pyrrole nitrogens is 1. The van der Waals surface area contributed by atoms with Crippen molar-refractivity contribution in [2.45, 2.75) is 0 Å². The van der Waals surface area contributed by atoms with Gasteiger partial charge in [-0.05, 0) is 12.1 Å². The average molecular weight is 345 g/mol. The molecule has 0 bridgehead atoms. The van der Waals surface area contributed by atoms with Gasteiger partial charge in [0.1, 0.15) is 0 Å². The monoisotopic (exact) mass is 345 g/mol. The number of piperazine rings is 1. The number of carbonyl (C=O) groups is 1. The van der Waals surface area contributed by atoms with Crippen LogP contribution < -0.4 is 15.8 Å². The van der Waals surface area contributed by atoms with Gasteiger partial charge in [0.15, 0.2) is 0 Å². The highest BCUT2D eigenvalue weighted by atomic mass is 16.5. The van der Waals surface area contributed by atoms with Crippen molar-refractivity contribution in [3.63, 3.8) is 0 Å². The van der Waals surface area contributed by atoms with E-state index in [9.17, 15) is 9.59 Å². The Hall–Kier alpha value is -2.45. The molecule has 0 unspecified atom stereocenters. The number of aromatic nitrogens is 2. The van der Waals surface area contributed by atoms with Crippen LogP contribution in [0.15, 0.2) is 29.1 Å². The van der Waals surface area contributed by atoms with Crippen LogP contribution in [-0.4, -0.2) is 73.8 Å². The van der Waals surface area contributed by atoms with E-state index in [-0.39, 0.29) is 11.5 Å². The molecule has 0 atom stereocenters. The van der Waals surface area contributed by atoms with Gasteiger partial charge in [0, 0.05) is 39.8 Å². The van der Waals surface area contributed by atoms with Gasteiger partial charge in [0.2, 0.25) is 11.9 Å². The Morgan fingerprint density at radius 1 is 1.28 bits per heavy atom. The summed E-state index contributed by atoms with van der Waals surface area (Å²) in [5, 5.41) is 3.42. The molecule has 0 saturated carbocycles. The van der Waals surface area contributed by atoms with Gasteiger partial charge in [0.25, 0.3) is 5.56 Å². The molecule has 3 rings (SSSR count). The number of nitrogens with one attached hydrogen (secondary N) is 2. The molecule has 2 N–H and O–H groups in total. The van der Waals surface area contributed by atoms with Crippen LogP contribution >= 0.6 is 0 Å². The Balaban J connectivity index is 1.57. The van der Waals surface area contributed by atoms with Crippen LogP contribution in [-0.2, 0) is 9.53 Å². The van der Waals surface area contributed by atoms with Crippen molar-refractivity contribution >= 4 is 22.8 Å². The summed E-state index contributed by atoms with van der Waals surface area (Å²) in [4.78, 5) is 35.6. The fourth-order valence-corrected chi connectivity index (χ4v) is 2.89. The van der Waals surface area contributed by atoms with E-state index in [1.807, 2.05) is 23.1 Å². The lowest BCUT2D eigenvalue weighted by Crippen LogP contribution is -2.50. The standard InChI is InChI=1S/C17H23N5O3/c1-25-11-6-18-15(23)12-21-7-9-22(10-8-21)17-19-14-5-3-2-4-13(14)16(24)20-17/h2-5H,6-12H2,1H3,(H,18,23)(H,19,20,24). The first kappa shape index (κ1) is 17.4. The van der Waals surface area contributed by atoms with Gasteiger partial charge in [-0.1, -0.05) is 12.1 Å². The molecule has 2 heterocycles. The van der Waals surface area contributed by atoms with Crippen molar-refractivity contribution in [3.05, 3.63) is 34.6 Å². The van der Waals surface area contributed by atoms with E-state index in [4.69, 9.17) is 4.74 Å². The van der Waals surface area contributed by atoms with Crippen molar-refractivity contribution in [1.29, 1.82) is 0 Å². The number of fused-ring (bicyclic) bond motifs is 1. The highest BCUT2D eigenvalue weighted by Gasteiger charge is 2.20. The molecule has 1 saturated heterocycles. The molecule has 2 aromatic rings. The number of rotatable bonds is 6. The highest BCUT2D eigenvalue weighted by molar-refractivity contribution is 5.78. The molecule has 0 aliphatic carbocycles. The third-order valence-corrected chi connectivity index (χ3v) is 4.27. The van der Waals surface area contributed by atoms with Gasteiger partial charge < -0.3 is 15.0 Å². The van der Waals surface area contributed by atoms with E-state index in [1.54, 1.807) is 13.2 Å². The van der Waals surface area contributed by atoms with Gasteiger partial charge in [-0.3, -0.25) is 19.5 Å². The molecular weight excluding hydrogens is 322 g/mol. The normalized spacial score (nSPS) is 15.5. The molecule has 25 heavy (non-hydrogen) atoms. The molecule has 1 amide bonds. The second-order valence-corrected chi connectivity index (χ2v) is 6.01. The van der Waals surface area contributed by atoms with Gasteiger partial charge in [0.05, 0.1) is 24.1 Å². The van der Waals surface area contributed by atoms with Crippen molar-refractivity contribution in [2.24, 2.45) is 0 Å². The van der Waals surface area contributed by atoms with Crippen LogP contribution in [0.4, 0.5) is 5.95 Å². The summed E-state index contributed by atoms with van der Waals surface area (Å²) in [6.45, 7) is 4.33. The molecule has 8 heteroatoms. The Labute approximate surface area is 145 Å². The first-order chi connectivity index (χ1) is 12.2. The van der Waals surface area contributed by atoms with Crippen LogP contribution in [0, 0.1) is 0 Å². The van der Waals surface area contributed by atoms with Crippen molar-refractivity contribution in [2.75, 3.05) is 57.9 Å². The summed E-state index contributed by atoms with van der Waals surface area (Å²) in [6, 6.07) is 7.31. The van der Waals surface area contributed by atoms with E-state index < -0.39 is 0 Å². The number of ether oxygens (including phenoxy) is 1. The van der Waals surface area contributed by atoms with Crippen molar-refractivity contribution in [3.8, 4) is 0 Å². The van der Waals surface area contributed by atoms with E-state index in [1.165, 1.54) is 0 Å². The topological polar surface area (TPSA) is 90.6 Å². The average Bonchev–Trinajstić information content (AvgIpc) is 2.62. The molecular formula is C17H23N5O3. The lowest BCUT2D eigenvalue weighted by Gasteiger charge is -2.34. The highest BCUT2D eigenvalue weighted by Crippen LogP contribution is 2.13. The summed E-state index contributed by atoms with van der Waals surface area (Å²) in [7, 11) is 1.61. The van der Waals surface area contributed by atoms with E-state index >= 15 is 0 Å². The number of hydrogen-bond donors (Lipinski definition) is 2. The maximum absolute atomic E-state index is 12.2. The van der Waals surface area contributed by atoms with Gasteiger partial charge >= 0.3 is 0 Å². The van der Waals surface area contributed by atoms with Crippen LogP contribution in [0.2, 0.25) is 0 Å². The summed E-state index contributed by atoms with van der Waals surface area (Å²) < 4.78 is 4.91. The van der Waals surface area contributed by atoms with E-state index in [2.05, 4.69) is 20.2 Å². The number of aromatic amines is 1. The van der Waals surface area contributed by atoms with E-state index in [0.717, 1.165) is 13.1 Å². The van der Waals surface area contributed by atoms with Crippen LogP contribution in [0.5, 0.6) is 0 Å². The smallest absolute Gasteiger partial charge is 0.260 e. The summed E-state index contributed by atoms with van der Waals surface area (Å²) in [5.74, 6) is 0.593. The molecule has 1 aromatic carbocycles. The second kappa shape index (κ2) is 8.09. The van der Waals surface area contributed by atoms with Gasteiger partial charge in [-0.15, -0.1) is 0 Å². The molecule has 1 aromatic heterocycles. The number of para-hydroxylation sites is 1. The maximum atomic E-state index is 12.2. The zero-order valence-corrected chi connectivity index (χ0v) is 14.3. The minimum atomic E-state index is -0.124. The number of hydrogen-bond acceptors (Lipinski definition) is 6. The maximum Gasteiger partial charge on any atom is 0.260 e. The Kier molecular flexibility index (Phi) is 5.62. The van der Waals surface area contributed by atoms with Crippen molar-refractivity contribution in [1.82, 2.24) is 20.2 Å². The van der Waals surface area contributed by atoms with Gasteiger partial charge in [-0.2, -0.15) is 0 Å². The Morgan fingerprint density at radius 3 is 2.80 bits per heavy atom. The van der Waals surface area contributed by atoms with Crippen molar-refractivity contribution < 1.29 is 9.53 Å². The second-order valence-electron chi connectivity index (χ2n) is 6.01. The Morgan fingerprint density at radius 2 is 2.04 bits per heavy atom. The zero-order chi connectivity index (χ0) is 17.6. The predicted octanol–water partition coefficient (Wildman–Crippen LogP) is -0.192. The lowest BCUT2D eigenvalue weighted by molar-refractivity contribution is -0.122. The third kappa shape index (κ3) is 4.34. The molecule has 0 radical (unpaired) electrons.